The van der Waals surface area contributed by atoms with Gasteiger partial charge >= 0.3 is 0 Å². The standard InChI is InChI=1S/C28H31N3O4S2/c1-20(21-11-5-3-6-12-21)29-27(32)23-13-7-8-14-25(23)30-37(34,35)22-15-16-26(36-2)24(19-22)28(33)31-17-9-4-10-18-31/h3,5-8,11-16,19-20,30H,4,9-10,17-18H2,1-2H3,(H,29,32)/t20-/m0/s1. The van der Waals surface area contributed by atoms with Crippen LogP contribution in [0.2, 0.25) is 0 Å². The monoisotopic (exact) mass is 537 g/mol. The number of rotatable bonds is 8. The third-order valence-electron chi connectivity index (χ3n) is 6.42. The number of benzene rings is 3. The quantitative estimate of drug-likeness (QED) is 0.379. The maximum absolute atomic E-state index is 13.4. The van der Waals surface area contributed by atoms with Gasteiger partial charge in [-0.2, -0.15) is 0 Å². The lowest BCUT2D eigenvalue weighted by Gasteiger charge is -2.27. The molecule has 2 N–H and O–H groups in total. The number of thioether (sulfide) groups is 1. The molecule has 0 spiro atoms. The van der Waals surface area contributed by atoms with Gasteiger partial charge in [0.25, 0.3) is 21.8 Å². The molecule has 1 atom stereocenters. The van der Waals surface area contributed by atoms with Crippen molar-refractivity contribution in [3.63, 3.8) is 0 Å². The van der Waals surface area contributed by atoms with Gasteiger partial charge in [0.2, 0.25) is 0 Å². The van der Waals surface area contributed by atoms with Gasteiger partial charge in [0.1, 0.15) is 0 Å². The van der Waals surface area contributed by atoms with Crippen molar-refractivity contribution in [2.75, 3.05) is 24.1 Å². The predicted molar refractivity (Wildman–Crippen MR) is 148 cm³/mol. The maximum Gasteiger partial charge on any atom is 0.261 e. The Morgan fingerprint density at radius 3 is 2.27 bits per heavy atom. The van der Waals surface area contributed by atoms with Crippen molar-refractivity contribution < 1.29 is 18.0 Å². The van der Waals surface area contributed by atoms with Gasteiger partial charge in [-0.3, -0.25) is 14.3 Å². The Labute approximate surface area is 222 Å². The molecule has 0 saturated carbocycles. The van der Waals surface area contributed by atoms with Crippen LogP contribution in [0.3, 0.4) is 0 Å². The molecule has 0 aromatic heterocycles. The number of hydrogen-bond acceptors (Lipinski definition) is 5. The zero-order valence-electron chi connectivity index (χ0n) is 20.9. The van der Waals surface area contributed by atoms with Crippen LogP contribution in [0.4, 0.5) is 5.69 Å². The molecular formula is C28H31N3O4S2. The molecule has 9 heteroatoms. The number of carbonyl (C=O) groups is 2. The normalized spacial score (nSPS) is 14.6. The minimum absolute atomic E-state index is 0.0291. The highest BCUT2D eigenvalue weighted by Crippen LogP contribution is 2.28. The van der Waals surface area contributed by atoms with E-state index in [2.05, 4.69) is 10.0 Å². The number of sulfonamides is 1. The molecule has 1 aliphatic heterocycles. The average molecular weight is 538 g/mol. The van der Waals surface area contributed by atoms with E-state index in [0.29, 0.717) is 18.7 Å². The predicted octanol–water partition coefficient (Wildman–Crippen LogP) is 5.33. The summed E-state index contributed by atoms with van der Waals surface area (Å²) in [5.41, 5.74) is 1.69. The Kier molecular flexibility index (Phi) is 8.56. The molecule has 2 amide bonds. The number of anilines is 1. The Hall–Kier alpha value is -3.30. The van der Waals surface area contributed by atoms with E-state index in [4.69, 9.17) is 0 Å². The summed E-state index contributed by atoms with van der Waals surface area (Å²) in [6.07, 6.45) is 4.85. The van der Waals surface area contributed by atoms with Gasteiger partial charge in [-0.25, -0.2) is 8.42 Å². The molecule has 1 heterocycles. The van der Waals surface area contributed by atoms with E-state index >= 15 is 0 Å². The molecule has 0 bridgehead atoms. The first-order valence-corrected chi connectivity index (χ1v) is 15.0. The molecule has 1 saturated heterocycles. The van der Waals surface area contributed by atoms with E-state index in [1.165, 1.54) is 23.9 Å². The van der Waals surface area contributed by atoms with Crippen LogP contribution in [0.25, 0.3) is 0 Å². The molecule has 0 radical (unpaired) electrons. The Bertz CT molecular complexity index is 1370. The average Bonchev–Trinajstić information content (AvgIpc) is 2.93. The molecule has 1 fully saturated rings. The molecule has 37 heavy (non-hydrogen) atoms. The second-order valence-electron chi connectivity index (χ2n) is 8.97. The van der Waals surface area contributed by atoms with Crippen LogP contribution in [0.15, 0.2) is 82.6 Å². The van der Waals surface area contributed by atoms with Crippen molar-refractivity contribution in [3.8, 4) is 0 Å². The Balaban J connectivity index is 1.58. The summed E-state index contributed by atoms with van der Waals surface area (Å²) < 4.78 is 29.4. The summed E-state index contributed by atoms with van der Waals surface area (Å²) in [6.45, 7) is 3.21. The molecule has 0 aliphatic carbocycles. The van der Waals surface area contributed by atoms with E-state index in [1.54, 1.807) is 35.2 Å². The summed E-state index contributed by atoms with van der Waals surface area (Å²) in [4.78, 5) is 28.8. The molecule has 4 rings (SSSR count). The number of piperidine rings is 1. The Morgan fingerprint density at radius 1 is 0.892 bits per heavy atom. The number of likely N-dealkylation sites (tertiary alicyclic amines) is 1. The minimum atomic E-state index is -4.07. The fraction of sp³-hybridized carbons (Fsp3) is 0.286. The SMILES string of the molecule is CSc1ccc(S(=O)(=O)Nc2ccccc2C(=O)N[C@@H](C)c2ccccc2)cc1C(=O)N1CCCCC1. The topological polar surface area (TPSA) is 95.6 Å². The lowest BCUT2D eigenvalue weighted by Crippen LogP contribution is -2.36. The first kappa shape index (κ1) is 26.8. The van der Waals surface area contributed by atoms with E-state index in [9.17, 15) is 18.0 Å². The van der Waals surface area contributed by atoms with Crippen molar-refractivity contribution in [2.45, 2.75) is 42.0 Å². The highest BCUT2D eigenvalue weighted by molar-refractivity contribution is 7.98. The van der Waals surface area contributed by atoms with Crippen LogP contribution in [0.5, 0.6) is 0 Å². The van der Waals surface area contributed by atoms with Crippen LogP contribution in [0.1, 0.15) is 58.5 Å². The summed E-state index contributed by atoms with van der Waals surface area (Å²) in [6, 6.07) is 20.3. The lowest BCUT2D eigenvalue weighted by atomic mass is 10.1. The highest BCUT2D eigenvalue weighted by Gasteiger charge is 2.25. The summed E-state index contributed by atoms with van der Waals surface area (Å²) in [7, 11) is -4.07. The zero-order chi connectivity index (χ0) is 26.4. The van der Waals surface area contributed by atoms with Gasteiger partial charge in [0.05, 0.1) is 27.8 Å². The van der Waals surface area contributed by atoms with Crippen LogP contribution in [0, 0.1) is 0 Å². The third kappa shape index (κ3) is 6.34. The summed E-state index contributed by atoms with van der Waals surface area (Å²) in [5.74, 6) is -0.552. The van der Waals surface area contributed by atoms with Gasteiger partial charge in [-0.05, 0) is 68.3 Å². The van der Waals surface area contributed by atoms with Crippen molar-refractivity contribution in [1.82, 2.24) is 10.2 Å². The van der Waals surface area contributed by atoms with Crippen LogP contribution < -0.4 is 10.0 Å². The van der Waals surface area contributed by atoms with Crippen molar-refractivity contribution in [2.24, 2.45) is 0 Å². The first-order chi connectivity index (χ1) is 17.8. The lowest BCUT2D eigenvalue weighted by molar-refractivity contribution is 0.0720. The largest absolute Gasteiger partial charge is 0.345 e. The van der Waals surface area contributed by atoms with E-state index in [-0.39, 0.29) is 28.1 Å². The van der Waals surface area contributed by atoms with Gasteiger partial charge in [0, 0.05) is 18.0 Å². The smallest absolute Gasteiger partial charge is 0.261 e. The third-order valence-corrected chi connectivity index (χ3v) is 8.58. The second kappa shape index (κ2) is 11.8. The first-order valence-electron chi connectivity index (χ1n) is 12.2. The minimum Gasteiger partial charge on any atom is -0.345 e. The molecule has 3 aromatic carbocycles. The van der Waals surface area contributed by atoms with Crippen LogP contribution in [-0.2, 0) is 10.0 Å². The number of carbonyl (C=O) groups excluding carboxylic acids is 2. The molecular weight excluding hydrogens is 506 g/mol. The van der Waals surface area contributed by atoms with Gasteiger partial charge in [-0.1, -0.05) is 42.5 Å². The fourth-order valence-corrected chi connectivity index (χ4v) is 6.04. The second-order valence-corrected chi connectivity index (χ2v) is 11.5. The fourth-order valence-electron chi connectivity index (χ4n) is 4.36. The molecule has 194 valence electrons. The van der Waals surface area contributed by atoms with Crippen LogP contribution in [-0.4, -0.2) is 44.5 Å². The van der Waals surface area contributed by atoms with Gasteiger partial charge < -0.3 is 10.2 Å². The number of nitrogens with one attached hydrogen (secondary N) is 2. The number of para-hydroxylation sites is 1. The van der Waals surface area contributed by atoms with Crippen molar-refractivity contribution in [3.05, 3.63) is 89.5 Å². The Morgan fingerprint density at radius 2 is 1.57 bits per heavy atom. The van der Waals surface area contributed by atoms with Gasteiger partial charge in [0.15, 0.2) is 0 Å². The van der Waals surface area contributed by atoms with E-state index < -0.39 is 15.9 Å². The molecule has 3 aromatic rings. The van der Waals surface area contributed by atoms with Crippen LogP contribution >= 0.6 is 11.8 Å². The summed E-state index contributed by atoms with van der Waals surface area (Å²) in [5, 5.41) is 2.93. The van der Waals surface area contributed by atoms with Gasteiger partial charge in [-0.15, -0.1) is 11.8 Å². The zero-order valence-corrected chi connectivity index (χ0v) is 22.6. The molecule has 7 nitrogen and oxygen atoms in total. The van der Waals surface area contributed by atoms with E-state index in [1.807, 2.05) is 43.5 Å². The van der Waals surface area contributed by atoms with Crippen molar-refractivity contribution in [1.29, 1.82) is 0 Å². The molecule has 0 unspecified atom stereocenters. The highest BCUT2D eigenvalue weighted by atomic mass is 32.2. The number of amides is 2. The number of hydrogen-bond donors (Lipinski definition) is 2. The molecule has 1 aliphatic rings. The maximum atomic E-state index is 13.4. The number of nitrogens with zero attached hydrogens (tertiary/aromatic N) is 1. The van der Waals surface area contributed by atoms with E-state index in [0.717, 1.165) is 29.7 Å². The van der Waals surface area contributed by atoms with Crippen molar-refractivity contribution >= 4 is 39.3 Å². The summed E-state index contributed by atoms with van der Waals surface area (Å²) >= 11 is 1.41.